The van der Waals surface area contributed by atoms with Gasteiger partial charge in [0.05, 0.1) is 24.2 Å². The molecule has 0 saturated heterocycles. The second kappa shape index (κ2) is 5.28. The van der Waals surface area contributed by atoms with Crippen LogP contribution in [0.3, 0.4) is 0 Å². The third kappa shape index (κ3) is 3.53. The monoisotopic (exact) mass is 266 g/mol. The highest BCUT2D eigenvalue weighted by Gasteiger charge is 2.17. The maximum absolute atomic E-state index is 11.9. The minimum Gasteiger partial charge on any atom is -0.495 e. The lowest BCUT2D eigenvalue weighted by Gasteiger charge is -2.09. The van der Waals surface area contributed by atoms with Gasteiger partial charge in [-0.15, -0.1) is 0 Å². The molecule has 17 heavy (non-hydrogen) atoms. The van der Waals surface area contributed by atoms with Crippen molar-refractivity contribution in [3.05, 3.63) is 18.2 Å². The number of rotatable bonds is 5. The van der Waals surface area contributed by atoms with E-state index in [0.717, 1.165) is 6.07 Å². The van der Waals surface area contributed by atoms with Crippen LogP contribution in [-0.4, -0.2) is 28.5 Å². The van der Waals surface area contributed by atoms with E-state index in [9.17, 15) is 17.2 Å². The highest BCUT2D eigenvalue weighted by molar-refractivity contribution is 7.89. The third-order valence-electron chi connectivity index (χ3n) is 1.94. The first-order valence-electron chi connectivity index (χ1n) is 4.58. The lowest BCUT2D eigenvalue weighted by Crippen LogP contribution is -2.28. The Balaban J connectivity index is 2.96. The second-order valence-electron chi connectivity index (χ2n) is 3.15. The summed E-state index contributed by atoms with van der Waals surface area (Å²) in [5.74, 6) is 0.317. The van der Waals surface area contributed by atoms with Crippen LogP contribution in [0.15, 0.2) is 23.1 Å². The van der Waals surface area contributed by atoms with Crippen molar-refractivity contribution < 1.29 is 21.9 Å². The van der Waals surface area contributed by atoms with Gasteiger partial charge in [-0.3, -0.25) is 0 Å². The minimum absolute atomic E-state index is 0.118. The summed E-state index contributed by atoms with van der Waals surface area (Å²) in [4.78, 5) is -0.184. The van der Waals surface area contributed by atoms with Crippen LogP contribution in [-0.2, 0) is 10.0 Å². The maximum atomic E-state index is 11.9. The molecule has 0 aromatic heterocycles. The van der Waals surface area contributed by atoms with Crippen molar-refractivity contribution in [1.82, 2.24) is 4.72 Å². The normalized spacial score (nSPS) is 11.8. The molecule has 0 unspecified atom stereocenters. The molecule has 0 fully saturated rings. The highest BCUT2D eigenvalue weighted by atomic mass is 32.2. The van der Waals surface area contributed by atoms with E-state index in [1.807, 2.05) is 0 Å². The van der Waals surface area contributed by atoms with E-state index in [4.69, 9.17) is 10.5 Å². The van der Waals surface area contributed by atoms with Crippen LogP contribution < -0.4 is 15.2 Å². The van der Waals surface area contributed by atoms with E-state index in [1.54, 1.807) is 4.72 Å². The fourth-order valence-electron chi connectivity index (χ4n) is 1.14. The summed E-state index contributed by atoms with van der Waals surface area (Å²) in [6.07, 6.45) is -2.75. The Morgan fingerprint density at radius 3 is 2.59 bits per heavy atom. The van der Waals surface area contributed by atoms with Gasteiger partial charge in [-0.05, 0) is 18.2 Å². The number of hydrogen-bond acceptors (Lipinski definition) is 4. The van der Waals surface area contributed by atoms with E-state index in [-0.39, 0.29) is 10.6 Å². The lowest BCUT2D eigenvalue weighted by atomic mass is 10.3. The first-order valence-corrected chi connectivity index (χ1v) is 6.06. The molecule has 0 radical (unpaired) electrons. The van der Waals surface area contributed by atoms with Gasteiger partial charge < -0.3 is 10.5 Å². The Bertz CT molecular complexity index is 491. The standard InChI is InChI=1S/C9H12F2N2O3S/c1-16-8-3-2-6(4-7(8)12)17(14,15)13-5-9(10)11/h2-4,9,13H,5,12H2,1H3. The smallest absolute Gasteiger partial charge is 0.251 e. The molecule has 0 aliphatic rings. The summed E-state index contributed by atoms with van der Waals surface area (Å²) < 4.78 is 53.5. The number of alkyl halides is 2. The zero-order valence-corrected chi connectivity index (χ0v) is 9.80. The number of nitrogen functional groups attached to an aromatic ring is 1. The summed E-state index contributed by atoms with van der Waals surface area (Å²) in [5, 5.41) is 0. The number of hydrogen-bond donors (Lipinski definition) is 2. The van der Waals surface area contributed by atoms with Crippen LogP contribution in [0.5, 0.6) is 5.75 Å². The molecule has 8 heteroatoms. The van der Waals surface area contributed by atoms with E-state index >= 15 is 0 Å². The number of methoxy groups -OCH3 is 1. The topological polar surface area (TPSA) is 81.4 Å². The van der Waals surface area contributed by atoms with E-state index in [2.05, 4.69) is 0 Å². The van der Waals surface area contributed by atoms with E-state index in [0.29, 0.717) is 5.75 Å². The number of nitrogens with one attached hydrogen (secondary N) is 1. The average Bonchev–Trinajstić information content (AvgIpc) is 2.26. The van der Waals surface area contributed by atoms with Crippen LogP contribution in [0.2, 0.25) is 0 Å². The van der Waals surface area contributed by atoms with Gasteiger partial charge in [-0.25, -0.2) is 21.9 Å². The Morgan fingerprint density at radius 1 is 1.47 bits per heavy atom. The van der Waals surface area contributed by atoms with Crippen molar-refractivity contribution in [3.8, 4) is 5.75 Å². The number of ether oxygens (including phenoxy) is 1. The SMILES string of the molecule is COc1ccc(S(=O)(=O)NCC(F)F)cc1N. The van der Waals surface area contributed by atoms with Gasteiger partial charge in [0.2, 0.25) is 10.0 Å². The molecule has 0 heterocycles. The van der Waals surface area contributed by atoms with Gasteiger partial charge in [0.25, 0.3) is 6.43 Å². The van der Waals surface area contributed by atoms with Crippen molar-refractivity contribution in [3.63, 3.8) is 0 Å². The van der Waals surface area contributed by atoms with Crippen molar-refractivity contribution in [2.24, 2.45) is 0 Å². The Morgan fingerprint density at radius 2 is 2.12 bits per heavy atom. The van der Waals surface area contributed by atoms with Crippen molar-refractivity contribution >= 4 is 15.7 Å². The summed E-state index contributed by atoms with van der Waals surface area (Å²) in [6.45, 7) is -0.936. The Hall–Kier alpha value is -1.41. The number of sulfonamides is 1. The van der Waals surface area contributed by atoms with Crippen molar-refractivity contribution in [2.75, 3.05) is 19.4 Å². The molecule has 1 aromatic carbocycles. The molecule has 0 bridgehead atoms. The van der Waals surface area contributed by atoms with Gasteiger partial charge >= 0.3 is 0 Å². The summed E-state index contributed by atoms with van der Waals surface area (Å²) in [6, 6.07) is 3.72. The quantitative estimate of drug-likeness (QED) is 0.773. The van der Waals surface area contributed by atoms with E-state index in [1.165, 1.54) is 19.2 Å². The number of anilines is 1. The second-order valence-corrected chi connectivity index (χ2v) is 4.91. The zero-order chi connectivity index (χ0) is 13.1. The van der Waals surface area contributed by atoms with Gasteiger partial charge in [0.1, 0.15) is 5.75 Å². The molecule has 3 N–H and O–H groups in total. The average molecular weight is 266 g/mol. The first kappa shape index (κ1) is 13.7. The van der Waals surface area contributed by atoms with Gasteiger partial charge in [0.15, 0.2) is 0 Å². The molecule has 0 atom stereocenters. The molecule has 96 valence electrons. The summed E-state index contributed by atoms with van der Waals surface area (Å²) >= 11 is 0. The van der Waals surface area contributed by atoms with E-state index < -0.39 is 23.0 Å². The summed E-state index contributed by atoms with van der Waals surface area (Å²) in [7, 11) is -2.58. The first-order chi connectivity index (χ1) is 7.86. The third-order valence-corrected chi connectivity index (χ3v) is 3.36. The molecule has 1 aromatic rings. The molecule has 0 aliphatic carbocycles. The highest BCUT2D eigenvalue weighted by Crippen LogP contribution is 2.24. The predicted octanol–water partition coefficient (Wildman–Crippen LogP) is 0.821. The molecule has 5 nitrogen and oxygen atoms in total. The predicted molar refractivity (Wildman–Crippen MR) is 58.6 cm³/mol. The number of nitrogens with two attached hydrogens (primary N) is 1. The Labute approximate surface area is 97.6 Å². The van der Waals surface area contributed by atoms with Crippen LogP contribution in [0.1, 0.15) is 0 Å². The molecule has 0 spiro atoms. The fraction of sp³-hybridized carbons (Fsp3) is 0.333. The Kier molecular flexibility index (Phi) is 4.24. The summed E-state index contributed by atoms with van der Waals surface area (Å²) in [5.41, 5.74) is 5.64. The zero-order valence-electron chi connectivity index (χ0n) is 8.98. The molecule has 0 saturated carbocycles. The minimum atomic E-state index is -3.97. The largest absolute Gasteiger partial charge is 0.495 e. The maximum Gasteiger partial charge on any atom is 0.251 e. The number of benzene rings is 1. The van der Waals surface area contributed by atoms with Crippen molar-refractivity contribution in [1.29, 1.82) is 0 Å². The van der Waals surface area contributed by atoms with Crippen molar-refractivity contribution in [2.45, 2.75) is 11.3 Å². The van der Waals surface area contributed by atoms with Gasteiger partial charge in [-0.1, -0.05) is 0 Å². The number of halogens is 2. The fourth-order valence-corrected chi connectivity index (χ4v) is 2.18. The van der Waals surface area contributed by atoms with Crippen LogP contribution >= 0.6 is 0 Å². The molecule has 0 amide bonds. The molecule has 1 rings (SSSR count). The lowest BCUT2D eigenvalue weighted by molar-refractivity contribution is 0.153. The van der Waals surface area contributed by atoms with Crippen LogP contribution in [0.25, 0.3) is 0 Å². The van der Waals surface area contributed by atoms with Gasteiger partial charge in [0, 0.05) is 0 Å². The molecular weight excluding hydrogens is 254 g/mol. The van der Waals surface area contributed by atoms with Crippen LogP contribution in [0.4, 0.5) is 14.5 Å². The van der Waals surface area contributed by atoms with Gasteiger partial charge in [-0.2, -0.15) is 0 Å². The molecule has 0 aliphatic heterocycles. The molecular formula is C9H12F2N2O3S. The van der Waals surface area contributed by atoms with Crippen LogP contribution in [0, 0.1) is 0 Å².